The van der Waals surface area contributed by atoms with E-state index in [-0.39, 0.29) is 5.75 Å². The van der Waals surface area contributed by atoms with Crippen LogP contribution in [0.3, 0.4) is 0 Å². The number of ether oxygens (including phenoxy) is 1. The summed E-state index contributed by atoms with van der Waals surface area (Å²) in [5, 5.41) is -1.22. The molecule has 0 amide bonds. The molecule has 0 aliphatic heterocycles. The van der Waals surface area contributed by atoms with E-state index in [1.54, 1.807) is 0 Å². The van der Waals surface area contributed by atoms with E-state index in [0.29, 0.717) is 0 Å². The molecule has 3 nitrogen and oxygen atoms in total. The van der Waals surface area contributed by atoms with Gasteiger partial charge in [0.25, 0.3) is 11.7 Å². The van der Waals surface area contributed by atoms with Crippen LogP contribution in [0.1, 0.15) is 22.3 Å². The van der Waals surface area contributed by atoms with Crippen molar-refractivity contribution in [2.24, 2.45) is 0 Å². The summed E-state index contributed by atoms with van der Waals surface area (Å²) >= 11 is 5.06. The van der Waals surface area contributed by atoms with Gasteiger partial charge >= 0.3 is 0 Å². The summed E-state index contributed by atoms with van der Waals surface area (Å²) in [4.78, 5) is 13.9. The summed E-state index contributed by atoms with van der Waals surface area (Å²) in [7, 11) is 1.13. The molecule has 1 aromatic rings. The van der Waals surface area contributed by atoms with Crippen LogP contribution >= 0.6 is 11.6 Å². The van der Waals surface area contributed by atoms with E-state index in [1.807, 2.05) is 0 Å². The molecular formula is C8H5ClF3NO2. The highest BCUT2D eigenvalue weighted by Gasteiger charge is 2.26. The van der Waals surface area contributed by atoms with E-state index < -0.39 is 28.7 Å². The number of alkyl halides is 2. The minimum atomic E-state index is -3.19. The Hall–Kier alpha value is -1.30. The molecule has 0 N–H and O–H groups in total. The minimum Gasteiger partial charge on any atom is -0.494 e. The highest BCUT2D eigenvalue weighted by Crippen LogP contribution is 2.31. The van der Waals surface area contributed by atoms with Gasteiger partial charge in [-0.2, -0.15) is 4.39 Å². The predicted octanol–water partition coefficient (Wildman–Crippen LogP) is 2.55. The second kappa shape index (κ2) is 4.48. The lowest BCUT2D eigenvalue weighted by molar-refractivity contribution is 0.105. The molecular weight excluding hydrogens is 235 g/mol. The Morgan fingerprint density at radius 2 is 2.20 bits per heavy atom. The van der Waals surface area contributed by atoms with Crippen molar-refractivity contribution in [2.45, 2.75) is 6.43 Å². The maximum Gasteiger partial charge on any atom is 0.269 e. The van der Waals surface area contributed by atoms with Gasteiger partial charge < -0.3 is 4.74 Å². The second-order valence-electron chi connectivity index (χ2n) is 2.48. The molecule has 0 fully saturated rings. The zero-order valence-corrected chi connectivity index (χ0v) is 8.19. The maximum atomic E-state index is 12.9. The standard InChI is InChI=1S/C8H5ClF3NO2/c1-15-3-2-13-8(12)5(7(10)11)4(3)6(9)14/h2,7H,1H3. The first kappa shape index (κ1) is 11.8. The number of aromatic nitrogens is 1. The van der Waals surface area contributed by atoms with Gasteiger partial charge in [0, 0.05) is 0 Å². The van der Waals surface area contributed by atoms with Gasteiger partial charge in [-0.25, -0.2) is 13.8 Å². The zero-order chi connectivity index (χ0) is 11.6. The van der Waals surface area contributed by atoms with Crippen LogP contribution in [0.5, 0.6) is 5.75 Å². The third kappa shape index (κ3) is 2.20. The van der Waals surface area contributed by atoms with E-state index in [1.165, 1.54) is 0 Å². The maximum absolute atomic E-state index is 12.9. The van der Waals surface area contributed by atoms with Crippen LogP contribution in [-0.2, 0) is 0 Å². The Bertz CT molecular complexity index is 398. The molecule has 0 saturated heterocycles. The molecule has 0 aromatic carbocycles. The van der Waals surface area contributed by atoms with Crippen LogP contribution in [0.25, 0.3) is 0 Å². The third-order valence-corrected chi connectivity index (χ3v) is 1.86. The van der Waals surface area contributed by atoms with Crippen molar-refractivity contribution < 1.29 is 22.7 Å². The zero-order valence-electron chi connectivity index (χ0n) is 7.43. The second-order valence-corrected chi connectivity index (χ2v) is 2.82. The van der Waals surface area contributed by atoms with Crippen molar-refractivity contribution in [1.82, 2.24) is 4.98 Å². The van der Waals surface area contributed by atoms with Crippen LogP contribution in [-0.4, -0.2) is 17.3 Å². The quantitative estimate of drug-likeness (QED) is 0.601. The molecule has 0 saturated carbocycles. The number of rotatable bonds is 3. The molecule has 15 heavy (non-hydrogen) atoms. The van der Waals surface area contributed by atoms with Crippen LogP contribution in [0, 0.1) is 5.95 Å². The summed E-state index contributed by atoms with van der Waals surface area (Å²) in [5.41, 5.74) is -1.84. The van der Waals surface area contributed by atoms with Gasteiger partial charge in [0.1, 0.15) is 5.75 Å². The summed E-state index contributed by atoms with van der Waals surface area (Å²) < 4.78 is 42.3. The average Bonchev–Trinajstić information content (AvgIpc) is 2.16. The Morgan fingerprint density at radius 1 is 1.60 bits per heavy atom. The fraction of sp³-hybridized carbons (Fsp3) is 0.250. The lowest BCUT2D eigenvalue weighted by Gasteiger charge is -2.09. The molecule has 0 spiro atoms. The SMILES string of the molecule is COc1cnc(F)c(C(F)F)c1C(=O)Cl. The van der Waals surface area contributed by atoms with E-state index in [0.717, 1.165) is 13.3 Å². The molecule has 1 heterocycles. The molecule has 1 aromatic heterocycles. The van der Waals surface area contributed by atoms with Gasteiger partial charge in [0.05, 0.1) is 24.4 Å². The third-order valence-electron chi connectivity index (χ3n) is 1.67. The van der Waals surface area contributed by atoms with Crippen molar-refractivity contribution in [1.29, 1.82) is 0 Å². The van der Waals surface area contributed by atoms with Crippen molar-refractivity contribution in [3.05, 3.63) is 23.3 Å². The van der Waals surface area contributed by atoms with Crippen molar-refractivity contribution in [3.8, 4) is 5.75 Å². The first-order valence-corrected chi connectivity index (χ1v) is 4.07. The number of hydrogen-bond acceptors (Lipinski definition) is 3. The number of methoxy groups -OCH3 is 1. The Morgan fingerprint density at radius 3 is 2.60 bits per heavy atom. The topological polar surface area (TPSA) is 39.2 Å². The minimum absolute atomic E-state index is 0.285. The average molecular weight is 240 g/mol. The predicted molar refractivity (Wildman–Crippen MR) is 45.9 cm³/mol. The van der Waals surface area contributed by atoms with Gasteiger partial charge in [-0.15, -0.1) is 0 Å². The fourth-order valence-corrected chi connectivity index (χ4v) is 1.24. The smallest absolute Gasteiger partial charge is 0.269 e. The highest BCUT2D eigenvalue weighted by molar-refractivity contribution is 6.68. The van der Waals surface area contributed by atoms with Gasteiger partial charge in [-0.05, 0) is 11.6 Å². The molecule has 0 unspecified atom stereocenters. The van der Waals surface area contributed by atoms with Crippen molar-refractivity contribution >= 4 is 16.8 Å². The van der Waals surface area contributed by atoms with Gasteiger partial charge in [-0.1, -0.05) is 0 Å². The lowest BCUT2D eigenvalue weighted by Crippen LogP contribution is -2.06. The highest BCUT2D eigenvalue weighted by atomic mass is 35.5. The van der Waals surface area contributed by atoms with Crippen LogP contribution < -0.4 is 4.74 Å². The molecule has 0 bridgehead atoms. The van der Waals surface area contributed by atoms with E-state index in [4.69, 9.17) is 11.6 Å². The summed E-state index contributed by atoms with van der Waals surface area (Å²) in [6.45, 7) is 0. The monoisotopic (exact) mass is 239 g/mol. The normalized spacial score (nSPS) is 10.5. The number of carbonyl (C=O) groups is 1. The van der Waals surface area contributed by atoms with Crippen LogP contribution in [0.15, 0.2) is 6.20 Å². The first-order valence-electron chi connectivity index (χ1n) is 3.69. The largest absolute Gasteiger partial charge is 0.494 e. The molecule has 82 valence electrons. The van der Waals surface area contributed by atoms with Crippen molar-refractivity contribution in [2.75, 3.05) is 7.11 Å². The fourth-order valence-electron chi connectivity index (χ4n) is 1.04. The number of pyridine rings is 1. The molecule has 0 radical (unpaired) electrons. The molecule has 0 aliphatic carbocycles. The Kier molecular flexibility index (Phi) is 3.52. The van der Waals surface area contributed by atoms with Crippen LogP contribution in [0.2, 0.25) is 0 Å². The van der Waals surface area contributed by atoms with Crippen molar-refractivity contribution in [3.63, 3.8) is 0 Å². The number of carbonyl (C=O) groups excluding carboxylic acids is 1. The molecule has 7 heteroatoms. The Balaban J connectivity index is 3.51. The molecule has 1 rings (SSSR count). The lowest BCUT2D eigenvalue weighted by atomic mass is 10.1. The summed E-state index contributed by atoms with van der Waals surface area (Å²) in [6, 6.07) is 0. The first-order chi connectivity index (χ1) is 6.99. The van der Waals surface area contributed by atoms with Gasteiger partial charge in [-0.3, -0.25) is 4.79 Å². The summed E-state index contributed by atoms with van der Waals surface area (Å²) in [6.07, 6.45) is -2.37. The van der Waals surface area contributed by atoms with Gasteiger partial charge in [0.2, 0.25) is 5.95 Å². The molecule has 0 aliphatic rings. The number of hydrogen-bond donors (Lipinski definition) is 0. The Labute approximate surface area is 87.8 Å². The van der Waals surface area contributed by atoms with E-state index in [2.05, 4.69) is 9.72 Å². The number of nitrogens with zero attached hydrogens (tertiary/aromatic N) is 1. The van der Waals surface area contributed by atoms with E-state index in [9.17, 15) is 18.0 Å². The van der Waals surface area contributed by atoms with Crippen LogP contribution in [0.4, 0.5) is 13.2 Å². The van der Waals surface area contributed by atoms with E-state index >= 15 is 0 Å². The molecule has 0 atom stereocenters. The summed E-state index contributed by atoms with van der Waals surface area (Å²) in [5.74, 6) is -1.72. The van der Waals surface area contributed by atoms with Gasteiger partial charge in [0.15, 0.2) is 0 Å². The number of halogens is 4.